The van der Waals surface area contributed by atoms with Gasteiger partial charge in [-0.2, -0.15) is 0 Å². The molecule has 2 aliphatic rings. The van der Waals surface area contributed by atoms with Crippen LogP contribution in [0.25, 0.3) is 27.7 Å². The lowest BCUT2D eigenvalue weighted by Gasteiger charge is -2.43. The predicted molar refractivity (Wildman–Crippen MR) is 162 cm³/mol. The van der Waals surface area contributed by atoms with Gasteiger partial charge < -0.3 is 24.7 Å². The minimum atomic E-state index is -0.484. The quantitative estimate of drug-likeness (QED) is 0.301. The summed E-state index contributed by atoms with van der Waals surface area (Å²) in [6.07, 6.45) is 11.9. The number of amides is 1. The van der Waals surface area contributed by atoms with Gasteiger partial charge in [0.15, 0.2) is 0 Å². The average Bonchev–Trinajstić information content (AvgIpc) is 3.27. The summed E-state index contributed by atoms with van der Waals surface area (Å²) >= 11 is 0. The van der Waals surface area contributed by atoms with Crippen LogP contribution in [0.1, 0.15) is 58.6 Å². The molecule has 4 aromatic rings. The summed E-state index contributed by atoms with van der Waals surface area (Å²) in [4.78, 5) is 31.7. The van der Waals surface area contributed by atoms with E-state index in [1.807, 2.05) is 57.0 Å². The van der Waals surface area contributed by atoms with Crippen molar-refractivity contribution in [3.8, 4) is 22.9 Å². The van der Waals surface area contributed by atoms with Crippen LogP contribution in [0.4, 0.5) is 10.6 Å². The zero-order chi connectivity index (χ0) is 29.5. The summed E-state index contributed by atoms with van der Waals surface area (Å²) in [6.45, 7) is 7.18. The molecule has 10 nitrogen and oxygen atoms in total. The lowest BCUT2D eigenvalue weighted by Crippen LogP contribution is -2.45. The Labute approximate surface area is 245 Å². The highest BCUT2D eigenvalue weighted by Crippen LogP contribution is 2.49. The second-order valence-electron chi connectivity index (χ2n) is 12.3. The molecule has 1 amide bonds. The molecule has 10 heteroatoms. The van der Waals surface area contributed by atoms with Gasteiger partial charge in [-0.25, -0.2) is 24.7 Å². The number of piperidine rings is 1. The molecule has 1 aliphatic carbocycles. The summed E-state index contributed by atoms with van der Waals surface area (Å²) in [7, 11) is 2.04. The van der Waals surface area contributed by atoms with E-state index in [2.05, 4.69) is 30.6 Å². The molecule has 1 spiro atoms. The van der Waals surface area contributed by atoms with Gasteiger partial charge in [0.25, 0.3) is 0 Å². The Morgan fingerprint density at radius 3 is 2.36 bits per heavy atom. The topological polar surface area (TPSA) is 121 Å². The van der Waals surface area contributed by atoms with Gasteiger partial charge in [0.2, 0.25) is 0 Å². The molecular formula is C32H37N7O3. The van der Waals surface area contributed by atoms with Crippen LogP contribution in [-0.4, -0.2) is 54.2 Å². The Morgan fingerprint density at radius 1 is 1.00 bits per heavy atom. The molecule has 6 rings (SSSR count). The zero-order valence-electron chi connectivity index (χ0n) is 24.6. The predicted octanol–water partition coefficient (Wildman–Crippen LogP) is 6.38. The van der Waals surface area contributed by atoms with Crippen LogP contribution in [0.15, 0.2) is 55.1 Å². The van der Waals surface area contributed by atoms with Gasteiger partial charge in [0.05, 0.1) is 11.1 Å². The Morgan fingerprint density at radius 2 is 1.71 bits per heavy atom. The van der Waals surface area contributed by atoms with E-state index in [1.165, 1.54) is 11.9 Å². The number of aromatic nitrogens is 5. The van der Waals surface area contributed by atoms with Crippen LogP contribution in [0.2, 0.25) is 0 Å². The van der Waals surface area contributed by atoms with Gasteiger partial charge in [-0.1, -0.05) is 18.2 Å². The summed E-state index contributed by atoms with van der Waals surface area (Å²) in [6, 6.07) is 9.93. The number of anilines is 1. The Balaban J connectivity index is 1.28. The highest BCUT2D eigenvalue weighted by molar-refractivity contribution is 6.06. The van der Waals surface area contributed by atoms with Crippen LogP contribution >= 0.6 is 0 Å². The third kappa shape index (κ3) is 5.41. The van der Waals surface area contributed by atoms with E-state index in [0.29, 0.717) is 17.6 Å². The maximum absolute atomic E-state index is 12.6. The first kappa shape index (κ1) is 27.7. The fourth-order valence-corrected chi connectivity index (χ4v) is 6.17. The highest BCUT2D eigenvalue weighted by atomic mass is 16.6. The lowest BCUT2D eigenvalue weighted by molar-refractivity contribution is 0.00895. The summed E-state index contributed by atoms with van der Waals surface area (Å²) in [5.74, 6) is 1.10. The summed E-state index contributed by atoms with van der Waals surface area (Å²) in [5.41, 5.74) is 11.4. The van der Waals surface area contributed by atoms with E-state index in [-0.39, 0.29) is 11.5 Å². The molecule has 3 aromatic heterocycles. The van der Waals surface area contributed by atoms with Crippen molar-refractivity contribution in [3.63, 3.8) is 0 Å². The van der Waals surface area contributed by atoms with Crippen LogP contribution in [-0.2, 0) is 11.8 Å². The summed E-state index contributed by atoms with van der Waals surface area (Å²) in [5, 5.41) is 0.849. The SMILES string of the molecule is Cn1c(C2=CCC3(CC2)CCN(C(=O)OC(C)(C)C)CC3)c(-c2ccc(Oc3ncccn3)cc2)c2c(N)ncnc21. The second-order valence-corrected chi connectivity index (χ2v) is 12.3. The number of carbonyl (C=O) groups is 1. The van der Waals surface area contributed by atoms with Crippen LogP contribution in [0.5, 0.6) is 11.8 Å². The number of nitrogens with zero attached hydrogens (tertiary/aromatic N) is 6. The first-order valence-corrected chi connectivity index (χ1v) is 14.4. The highest BCUT2D eigenvalue weighted by Gasteiger charge is 2.38. The van der Waals surface area contributed by atoms with Crippen molar-refractivity contribution in [2.24, 2.45) is 12.5 Å². The first-order valence-electron chi connectivity index (χ1n) is 14.4. The van der Waals surface area contributed by atoms with Crippen LogP contribution in [0.3, 0.4) is 0 Å². The van der Waals surface area contributed by atoms with Crippen molar-refractivity contribution in [2.45, 2.75) is 58.5 Å². The molecule has 42 heavy (non-hydrogen) atoms. The number of nitrogen functional groups attached to an aromatic ring is 1. The standard InChI is InChI=1S/C32H37N7O3/c1-31(2,3)42-30(40)39-18-14-32(15-19-39)12-10-22(11-13-32)26-24(25-27(33)36-20-37-28(25)38(26)4)21-6-8-23(9-7-21)41-29-34-16-5-17-35-29/h5-10,16-17,20H,11-15,18-19H2,1-4H3,(H2,33,36,37). The summed E-state index contributed by atoms with van der Waals surface area (Å²) < 4.78 is 13.6. The molecular weight excluding hydrogens is 530 g/mol. The first-order chi connectivity index (χ1) is 20.1. The van der Waals surface area contributed by atoms with E-state index < -0.39 is 5.60 Å². The molecule has 218 valence electrons. The van der Waals surface area contributed by atoms with Crippen molar-refractivity contribution in [1.82, 2.24) is 29.4 Å². The third-order valence-electron chi connectivity index (χ3n) is 8.38. The minimum absolute atomic E-state index is 0.199. The number of hydrogen-bond donors (Lipinski definition) is 1. The molecule has 1 saturated heterocycles. The van der Waals surface area contributed by atoms with Crippen molar-refractivity contribution in [1.29, 1.82) is 0 Å². The number of aryl methyl sites for hydroxylation is 1. The number of carbonyl (C=O) groups excluding carboxylic acids is 1. The Bertz CT molecular complexity index is 1630. The Kier molecular flexibility index (Phi) is 7.08. The number of benzene rings is 1. The molecule has 0 radical (unpaired) electrons. The van der Waals surface area contributed by atoms with Crippen LogP contribution in [0, 0.1) is 5.41 Å². The normalized spacial score (nSPS) is 16.9. The molecule has 1 fully saturated rings. The molecule has 2 N–H and O–H groups in total. The van der Waals surface area contributed by atoms with Crippen molar-refractivity contribution >= 4 is 28.5 Å². The van der Waals surface area contributed by atoms with E-state index in [1.54, 1.807) is 18.5 Å². The monoisotopic (exact) mass is 567 g/mol. The van der Waals surface area contributed by atoms with Gasteiger partial charge in [0.1, 0.15) is 29.1 Å². The van der Waals surface area contributed by atoms with E-state index in [0.717, 1.165) is 73.0 Å². The maximum atomic E-state index is 12.6. The number of rotatable bonds is 4. The smallest absolute Gasteiger partial charge is 0.410 e. The average molecular weight is 568 g/mol. The number of hydrogen-bond acceptors (Lipinski definition) is 8. The zero-order valence-corrected chi connectivity index (χ0v) is 24.6. The van der Waals surface area contributed by atoms with Crippen molar-refractivity contribution in [3.05, 3.63) is 60.8 Å². The number of fused-ring (bicyclic) bond motifs is 1. The molecule has 0 unspecified atom stereocenters. The number of likely N-dealkylation sites (tertiary alicyclic amines) is 1. The van der Waals surface area contributed by atoms with Gasteiger partial charge >= 0.3 is 12.1 Å². The van der Waals surface area contributed by atoms with Crippen molar-refractivity contribution < 1.29 is 14.3 Å². The third-order valence-corrected chi connectivity index (χ3v) is 8.38. The fraction of sp³-hybridized carbons (Fsp3) is 0.406. The van der Waals surface area contributed by atoms with Gasteiger partial charge in [0, 0.05) is 38.1 Å². The van der Waals surface area contributed by atoms with E-state index in [4.69, 9.17) is 15.2 Å². The van der Waals surface area contributed by atoms with Gasteiger partial charge in [-0.3, -0.25) is 0 Å². The number of nitrogens with two attached hydrogens (primary N) is 1. The fourth-order valence-electron chi connectivity index (χ4n) is 6.17. The maximum Gasteiger partial charge on any atom is 0.410 e. The van der Waals surface area contributed by atoms with E-state index in [9.17, 15) is 4.79 Å². The minimum Gasteiger partial charge on any atom is -0.444 e. The molecule has 1 aliphatic heterocycles. The second kappa shape index (κ2) is 10.7. The molecule has 1 aromatic carbocycles. The molecule has 0 saturated carbocycles. The number of ether oxygens (including phenoxy) is 2. The molecule has 0 atom stereocenters. The number of allylic oxidation sites excluding steroid dienone is 2. The van der Waals surface area contributed by atoms with Gasteiger partial charge in [-0.15, -0.1) is 0 Å². The van der Waals surface area contributed by atoms with Gasteiger partial charge in [-0.05, 0) is 87.6 Å². The Hall–Kier alpha value is -4.47. The van der Waals surface area contributed by atoms with E-state index >= 15 is 0 Å². The molecule has 4 heterocycles. The lowest BCUT2D eigenvalue weighted by atomic mass is 9.68. The largest absolute Gasteiger partial charge is 0.444 e. The van der Waals surface area contributed by atoms with Crippen LogP contribution < -0.4 is 10.5 Å². The van der Waals surface area contributed by atoms with Crippen molar-refractivity contribution in [2.75, 3.05) is 18.8 Å². The molecule has 0 bridgehead atoms.